The van der Waals surface area contributed by atoms with Crippen molar-refractivity contribution in [1.29, 1.82) is 0 Å². The van der Waals surface area contributed by atoms with E-state index in [9.17, 15) is 4.79 Å². The van der Waals surface area contributed by atoms with Gasteiger partial charge in [-0.25, -0.2) is 9.89 Å². The third kappa shape index (κ3) is 2.03. The molecular formula is C6H10N4O. The molecule has 1 rings (SSSR count). The third-order valence-corrected chi connectivity index (χ3v) is 1.16. The van der Waals surface area contributed by atoms with Gasteiger partial charge in [0.1, 0.15) is 6.33 Å². The molecule has 0 amide bonds. The first-order chi connectivity index (χ1) is 5.34. The fourth-order valence-electron chi connectivity index (χ4n) is 0.599. The van der Waals surface area contributed by atoms with E-state index in [0.29, 0.717) is 0 Å². The summed E-state index contributed by atoms with van der Waals surface area (Å²) >= 11 is 0. The monoisotopic (exact) mass is 154 g/mol. The maximum atomic E-state index is 10.7. The van der Waals surface area contributed by atoms with Gasteiger partial charge in [-0.15, -0.1) is 0 Å². The van der Waals surface area contributed by atoms with E-state index in [1.165, 1.54) is 6.33 Å². The van der Waals surface area contributed by atoms with Crippen LogP contribution in [0.1, 0.15) is 19.8 Å². The van der Waals surface area contributed by atoms with Crippen molar-refractivity contribution in [2.45, 2.75) is 19.8 Å². The molecule has 0 saturated heterocycles. The van der Waals surface area contributed by atoms with Crippen LogP contribution >= 0.6 is 0 Å². The summed E-state index contributed by atoms with van der Waals surface area (Å²) in [6.07, 6.45) is 4.93. The molecular weight excluding hydrogens is 144 g/mol. The molecule has 1 N–H and O–H groups in total. The van der Waals surface area contributed by atoms with E-state index in [0.717, 1.165) is 17.5 Å². The van der Waals surface area contributed by atoms with Crippen molar-refractivity contribution in [3.05, 3.63) is 16.8 Å². The Bertz CT molecular complexity index is 285. The molecule has 0 spiro atoms. The molecule has 5 nitrogen and oxygen atoms in total. The Labute approximate surface area is 63.7 Å². The fraction of sp³-hybridized carbons (Fsp3) is 0.500. The molecule has 1 aromatic heterocycles. The van der Waals surface area contributed by atoms with Crippen molar-refractivity contribution < 1.29 is 0 Å². The quantitative estimate of drug-likeness (QED) is 0.632. The molecule has 0 aliphatic rings. The molecule has 0 radical (unpaired) electrons. The molecule has 0 aliphatic heterocycles. The molecule has 0 aromatic carbocycles. The molecule has 0 unspecified atom stereocenters. The lowest BCUT2D eigenvalue weighted by Crippen LogP contribution is -2.11. The topological polar surface area (TPSA) is 63.0 Å². The highest BCUT2D eigenvalue weighted by Gasteiger charge is 1.89. The van der Waals surface area contributed by atoms with Crippen LogP contribution in [0.15, 0.2) is 16.2 Å². The van der Waals surface area contributed by atoms with Gasteiger partial charge in [-0.2, -0.15) is 14.9 Å². The highest BCUT2D eigenvalue weighted by molar-refractivity contribution is 5.56. The van der Waals surface area contributed by atoms with Crippen LogP contribution in [-0.4, -0.2) is 21.1 Å². The largest absolute Gasteiger partial charge is 0.363 e. The summed E-state index contributed by atoms with van der Waals surface area (Å²) in [6, 6.07) is 0. The Balaban J connectivity index is 2.64. The second-order valence-electron chi connectivity index (χ2n) is 2.09. The van der Waals surface area contributed by atoms with Gasteiger partial charge < -0.3 is 0 Å². The Kier molecular flexibility index (Phi) is 2.59. The lowest BCUT2D eigenvalue weighted by atomic mass is 10.4. The average Bonchev–Trinajstić information content (AvgIpc) is 2.37. The van der Waals surface area contributed by atoms with Gasteiger partial charge in [-0.05, 0) is 6.42 Å². The molecule has 11 heavy (non-hydrogen) atoms. The smallest absolute Gasteiger partial charge is 0.244 e. The SMILES string of the molecule is CCC/C=N/n1cn[nH]c1=O. The summed E-state index contributed by atoms with van der Waals surface area (Å²) in [5.74, 6) is 0. The molecule has 0 aliphatic carbocycles. The summed E-state index contributed by atoms with van der Waals surface area (Å²) < 4.78 is 1.16. The zero-order chi connectivity index (χ0) is 8.10. The van der Waals surface area contributed by atoms with Crippen LogP contribution in [0.4, 0.5) is 0 Å². The summed E-state index contributed by atoms with van der Waals surface area (Å²) in [7, 11) is 0. The van der Waals surface area contributed by atoms with Gasteiger partial charge in [-0.1, -0.05) is 13.3 Å². The Morgan fingerprint density at radius 3 is 3.27 bits per heavy atom. The summed E-state index contributed by atoms with van der Waals surface area (Å²) in [5, 5.41) is 9.59. The number of unbranched alkanes of at least 4 members (excludes halogenated alkanes) is 1. The van der Waals surface area contributed by atoms with Crippen LogP contribution < -0.4 is 5.69 Å². The van der Waals surface area contributed by atoms with E-state index in [-0.39, 0.29) is 5.69 Å². The van der Waals surface area contributed by atoms with Gasteiger partial charge in [0.15, 0.2) is 0 Å². The molecule has 0 fully saturated rings. The number of aromatic amines is 1. The standard InChI is InChI=1S/C6H10N4O/c1-2-3-4-8-10-5-7-9-6(10)11/h4-5H,2-3H2,1H3,(H,9,11)/b8-4+. The van der Waals surface area contributed by atoms with Crippen molar-refractivity contribution in [2.75, 3.05) is 0 Å². The zero-order valence-corrected chi connectivity index (χ0v) is 6.32. The van der Waals surface area contributed by atoms with Crippen molar-refractivity contribution in [3.63, 3.8) is 0 Å². The highest BCUT2D eigenvalue weighted by atomic mass is 16.2. The molecule has 1 heterocycles. The van der Waals surface area contributed by atoms with E-state index in [1.54, 1.807) is 6.21 Å². The Morgan fingerprint density at radius 1 is 1.91 bits per heavy atom. The summed E-state index contributed by atoms with van der Waals surface area (Å²) in [4.78, 5) is 10.7. The number of rotatable bonds is 3. The van der Waals surface area contributed by atoms with Gasteiger partial charge in [0, 0.05) is 6.21 Å². The minimum absolute atomic E-state index is 0.308. The Hall–Kier alpha value is -1.39. The number of aromatic nitrogens is 3. The van der Waals surface area contributed by atoms with Gasteiger partial charge in [0.2, 0.25) is 0 Å². The number of H-pyrrole nitrogens is 1. The van der Waals surface area contributed by atoms with Crippen LogP contribution in [0.25, 0.3) is 0 Å². The number of hydrogen-bond acceptors (Lipinski definition) is 3. The second kappa shape index (κ2) is 3.70. The number of hydrogen-bond donors (Lipinski definition) is 1. The van der Waals surface area contributed by atoms with Crippen molar-refractivity contribution >= 4 is 6.21 Å². The number of nitrogens with zero attached hydrogens (tertiary/aromatic N) is 3. The van der Waals surface area contributed by atoms with Crippen LogP contribution in [0.2, 0.25) is 0 Å². The van der Waals surface area contributed by atoms with Crippen LogP contribution in [0.3, 0.4) is 0 Å². The number of nitrogens with one attached hydrogen (secondary N) is 1. The highest BCUT2D eigenvalue weighted by Crippen LogP contribution is 1.80. The van der Waals surface area contributed by atoms with Crippen molar-refractivity contribution in [1.82, 2.24) is 14.9 Å². The van der Waals surface area contributed by atoms with Crippen LogP contribution in [-0.2, 0) is 0 Å². The minimum Gasteiger partial charge on any atom is -0.244 e. The molecule has 60 valence electrons. The molecule has 1 aromatic rings. The Morgan fingerprint density at radius 2 is 2.73 bits per heavy atom. The first-order valence-electron chi connectivity index (χ1n) is 3.49. The van der Waals surface area contributed by atoms with E-state index in [2.05, 4.69) is 15.3 Å². The average molecular weight is 154 g/mol. The third-order valence-electron chi connectivity index (χ3n) is 1.16. The maximum Gasteiger partial charge on any atom is 0.363 e. The van der Waals surface area contributed by atoms with Gasteiger partial charge >= 0.3 is 5.69 Å². The first-order valence-corrected chi connectivity index (χ1v) is 3.49. The maximum absolute atomic E-state index is 10.7. The van der Waals surface area contributed by atoms with E-state index in [4.69, 9.17) is 0 Å². The minimum atomic E-state index is -0.308. The molecule has 0 atom stereocenters. The lowest BCUT2D eigenvalue weighted by Gasteiger charge is -1.85. The summed E-state index contributed by atoms with van der Waals surface area (Å²) in [5.41, 5.74) is -0.308. The van der Waals surface area contributed by atoms with Crippen molar-refractivity contribution in [2.24, 2.45) is 5.10 Å². The van der Waals surface area contributed by atoms with Crippen molar-refractivity contribution in [3.8, 4) is 0 Å². The lowest BCUT2D eigenvalue weighted by molar-refractivity contribution is 0.825. The molecule has 0 saturated carbocycles. The zero-order valence-electron chi connectivity index (χ0n) is 6.32. The predicted molar refractivity (Wildman–Crippen MR) is 41.6 cm³/mol. The van der Waals surface area contributed by atoms with E-state index >= 15 is 0 Å². The first kappa shape index (κ1) is 7.71. The van der Waals surface area contributed by atoms with E-state index < -0.39 is 0 Å². The van der Waals surface area contributed by atoms with E-state index in [1.807, 2.05) is 6.92 Å². The molecule has 0 bridgehead atoms. The van der Waals surface area contributed by atoms with Crippen LogP contribution in [0, 0.1) is 0 Å². The van der Waals surface area contributed by atoms with Gasteiger partial charge in [0.25, 0.3) is 0 Å². The normalized spacial score (nSPS) is 11.0. The van der Waals surface area contributed by atoms with Gasteiger partial charge in [-0.3, -0.25) is 0 Å². The summed E-state index contributed by atoms with van der Waals surface area (Å²) in [6.45, 7) is 2.05. The fourth-order valence-corrected chi connectivity index (χ4v) is 0.599. The predicted octanol–water partition coefficient (Wildman–Crippen LogP) is 0.205. The van der Waals surface area contributed by atoms with Gasteiger partial charge in [0.05, 0.1) is 0 Å². The molecule has 5 heteroatoms. The van der Waals surface area contributed by atoms with Crippen LogP contribution in [0.5, 0.6) is 0 Å². The second-order valence-corrected chi connectivity index (χ2v) is 2.09.